The summed E-state index contributed by atoms with van der Waals surface area (Å²) in [7, 11) is 1.73. The smallest absolute Gasteiger partial charge is 0.0694 e. The lowest BCUT2D eigenvalue weighted by atomic mass is 10.1. The highest BCUT2D eigenvalue weighted by atomic mass is 16.5. The zero-order chi connectivity index (χ0) is 13.5. The Labute approximate surface area is 115 Å². The zero-order valence-corrected chi connectivity index (χ0v) is 11.7. The Bertz CT molecular complexity index is 358. The van der Waals surface area contributed by atoms with Gasteiger partial charge < -0.3 is 9.84 Å². The fourth-order valence-corrected chi connectivity index (χ4v) is 2.47. The van der Waals surface area contributed by atoms with Crippen molar-refractivity contribution in [2.24, 2.45) is 0 Å². The fraction of sp³-hybridized carbons (Fsp3) is 0.600. The predicted molar refractivity (Wildman–Crippen MR) is 75.8 cm³/mol. The van der Waals surface area contributed by atoms with Gasteiger partial charge in [-0.15, -0.1) is 0 Å². The molecule has 1 heterocycles. The van der Waals surface area contributed by atoms with Crippen LogP contribution in [0.4, 0.5) is 0 Å². The van der Waals surface area contributed by atoms with Crippen molar-refractivity contribution in [1.82, 2.24) is 10.0 Å². The molecular weight excluding hydrogens is 240 g/mol. The molecule has 0 radical (unpaired) electrons. The summed E-state index contributed by atoms with van der Waals surface area (Å²) < 4.78 is 5.18. The van der Waals surface area contributed by atoms with E-state index < -0.39 is 0 Å². The van der Waals surface area contributed by atoms with Gasteiger partial charge in [-0.25, -0.2) is 10.0 Å². The number of hydrogen-bond donors (Lipinski definition) is 1. The lowest BCUT2D eigenvalue weighted by Gasteiger charge is -2.31. The van der Waals surface area contributed by atoms with E-state index in [0.717, 1.165) is 45.6 Å². The molecule has 0 saturated carbocycles. The van der Waals surface area contributed by atoms with Crippen LogP contribution in [0, 0.1) is 0 Å². The third-order valence-electron chi connectivity index (χ3n) is 3.60. The molecular formula is C15H24N2O2. The summed E-state index contributed by atoms with van der Waals surface area (Å²) in [5.74, 6) is 0. The second-order valence-corrected chi connectivity index (χ2v) is 5.04. The van der Waals surface area contributed by atoms with Crippen LogP contribution in [-0.4, -0.2) is 61.1 Å². The number of methoxy groups -OCH3 is 1. The van der Waals surface area contributed by atoms with E-state index in [0.29, 0.717) is 0 Å². The summed E-state index contributed by atoms with van der Waals surface area (Å²) >= 11 is 0. The van der Waals surface area contributed by atoms with Crippen molar-refractivity contribution in [1.29, 1.82) is 0 Å². The van der Waals surface area contributed by atoms with E-state index >= 15 is 0 Å². The second-order valence-electron chi connectivity index (χ2n) is 5.04. The van der Waals surface area contributed by atoms with Gasteiger partial charge in [0.15, 0.2) is 0 Å². The fourth-order valence-electron chi connectivity index (χ4n) is 2.47. The maximum atomic E-state index is 9.66. The van der Waals surface area contributed by atoms with Gasteiger partial charge in [0.05, 0.1) is 12.7 Å². The zero-order valence-electron chi connectivity index (χ0n) is 11.7. The average molecular weight is 264 g/mol. The molecule has 1 N–H and O–H groups in total. The van der Waals surface area contributed by atoms with E-state index in [-0.39, 0.29) is 6.10 Å². The molecule has 1 aromatic rings. The maximum Gasteiger partial charge on any atom is 0.0694 e. The van der Waals surface area contributed by atoms with Gasteiger partial charge in [0.2, 0.25) is 0 Å². The first-order valence-corrected chi connectivity index (χ1v) is 7.00. The summed E-state index contributed by atoms with van der Waals surface area (Å²) in [5, 5.41) is 14.2. The molecule has 1 atom stereocenters. The van der Waals surface area contributed by atoms with E-state index in [4.69, 9.17) is 4.74 Å². The van der Waals surface area contributed by atoms with Crippen molar-refractivity contribution >= 4 is 0 Å². The van der Waals surface area contributed by atoms with Crippen LogP contribution in [0.2, 0.25) is 0 Å². The highest BCUT2D eigenvalue weighted by Gasteiger charge is 2.24. The van der Waals surface area contributed by atoms with Gasteiger partial charge in [-0.05, 0) is 18.4 Å². The molecule has 2 rings (SSSR count). The van der Waals surface area contributed by atoms with Gasteiger partial charge in [0, 0.05) is 33.3 Å². The van der Waals surface area contributed by atoms with Crippen molar-refractivity contribution < 1.29 is 9.84 Å². The van der Waals surface area contributed by atoms with Crippen LogP contribution in [0.5, 0.6) is 0 Å². The predicted octanol–water partition coefficient (Wildman–Crippen LogP) is 1.16. The van der Waals surface area contributed by atoms with Gasteiger partial charge in [0.1, 0.15) is 0 Å². The Hall–Kier alpha value is -0.940. The van der Waals surface area contributed by atoms with Gasteiger partial charge in [-0.2, -0.15) is 0 Å². The topological polar surface area (TPSA) is 35.9 Å². The number of aliphatic hydroxyl groups excluding tert-OH is 1. The third-order valence-corrected chi connectivity index (χ3v) is 3.60. The number of hydrazine groups is 1. The Balaban J connectivity index is 1.86. The summed E-state index contributed by atoms with van der Waals surface area (Å²) in [4.78, 5) is 0. The Kier molecular flexibility index (Phi) is 5.79. The number of aliphatic hydroxyl groups is 1. The molecule has 1 fully saturated rings. The van der Waals surface area contributed by atoms with Crippen molar-refractivity contribution in [2.75, 3.05) is 39.9 Å². The van der Waals surface area contributed by atoms with Crippen LogP contribution in [-0.2, 0) is 11.2 Å². The molecule has 0 spiro atoms. The second kappa shape index (κ2) is 7.60. The standard InChI is InChI=1S/C15H24N2O2/c1-19-12-11-16(17-10-8-15(18)13-17)9-7-14-5-3-2-4-6-14/h2-6,15,18H,7-13H2,1H3/t15-/m0/s1. The Morgan fingerprint density at radius 1 is 1.32 bits per heavy atom. The highest BCUT2D eigenvalue weighted by molar-refractivity contribution is 5.14. The van der Waals surface area contributed by atoms with Crippen molar-refractivity contribution in [3.63, 3.8) is 0 Å². The van der Waals surface area contributed by atoms with Gasteiger partial charge in [-0.1, -0.05) is 30.3 Å². The number of hydrogen-bond acceptors (Lipinski definition) is 4. The molecule has 106 valence electrons. The van der Waals surface area contributed by atoms with E-state index in [1.807, 2.05) is 6.07 Å². The lowest BCUT2D eigenvalue weighted by molar-refractivity contribution is -0.0279. The van der Waals surface area contributed by atoms with E-state index in [1.165, 1.54) is 5.56 Å². The van der Waals surface area contributed by atoms with Crippen LogP contribution < -0.4 is 0 Å². The number of β-amino-alcohol motifs (C(OH)–C–C–N with tert-alkyl or cyclic N) is 1. The third kappa shape index (κ3) is 4.58. The molecule has 1 saturated heterocycles. The van der Waals surface area contributed by atoms with Crippen molar-refractivity contribution in [3.05, 3.63) is 35.9 Å². The Morgan fingerprint density at radius 2 is 2.11 bits per heavy atom. The van der Waals surface area contributed by atoms with E-state index in [2.05, 4.69) is 34.3 Å². The molecule has 4 heteroatoms. The molecule has 1 aliphatic heterocycles. The molecule has 0 unspecified atom stereocenters. The van der Waals surface area contributed by atoms with Crippen molar-refractivity contribution in [3.8, 4) is 0 Å². The van der Waals surface area contributed by atoms with Gasteiger partial charge in [0.25, 0.3) is 0 Å². The minimum atomic E-state index is -0.179. The van der Waals surface area contributed by atoms with E-state index in [9.17, 15) is 5.11 Å². The Morgan fingerprint density at radius 3 is 2.74 bits per heavy atom. The average Bonchev–Trinajstić information content (AvgIpc) is 2.86. The molecule has 0 aromatic heterocycles. The molecule has 0 aliphatic carbocycles. The summed E-state index contributed by atoms with van der Waals surface area (Å²) in [6, 6.07) is 10.5. The normalized spacial score (nSPS) is 20.3. The minimum Gasteiger partial charge on any atom is -0.392 e. The first-order chi connectivity index (χ1) is 9.29. The quantitative estimate of drug-likeness (QED) is 0.802. The van der Waals surface area contributed by atoms with Gasteiger partial charge >= 0.3 is 0 Å². The largest absolute Gasteiger partial charge is 0.392 e. The van der Waals surface area contributed by atoms with Crippen LogP contribution in [0.3, 0.4) is 0 Å². The first-order valence-electron chi connectivity index (χ1n) is 7.00. The molecule has 0 bridgehead atoms. The number of rotatable bonds is 7. The number of nitrogens with zero attached hydrogens (tertiary/aromatic N) is 2. The highest BCUT2D eigenvalue weighted by Crippen LogP contribution is 2.13. The van der Waals surface area contributed by atoms with Crippen LogP contribution in [0.1, 0.15) is 12.0 Å². The summed E-state index contributed by atoms with van der Waals surface area (Å²) in [6.45, 7) is 4.27. The lowest BCUT2D eigenvalue weighted by Crippen LogP contribution is -2.44. The van der Waals surface area contributed by atoms with Gasteiger partial charge in [-0.3, -0.25) is 0 Å². The minimum absolute atomic E-state index is 0.179. The maximum absolute atomic E-state index is 9.66. The number of benzene rings is 1. The van der Waals surface area contributed by atoms with Crippen LogP contribution >= 0.6 is 0 Å². The number of ether oxygens (including phenoxy) is 1. The first kappa shape index (κ1) is 14.5. The molecule has 19 heavy (non-hydrogen) atoms. The van der Waals surface area contributed by atoms with E-state index in [1.54, 1.807) is 7.11 Å². The monoisotopic (exact) mass is 264 g/mol. The molecule has 4 nitrogen and oxygen atoms in total. The molecule has 0 amide bonds. The van der Waals surface area contributed by atoms with Crippen molar-refractivity contribution in [2.45, 2.75) is 18.9 Å². The summed E-state index contributed by atoms with van der Waals surface area (Å²) in [6.07, 6.45) is 1.72. The van der Waals surface area contributed by atoms with Crippen LogP contribution in [0.15, 0.2) is 30.3 Å². The molecule has 1 aromatic carbocycles. The van der Waals surface area contributed by atoms with Crippen LogP contribution in [0.25, 0.3) is 0 Å². The molecule has 1 aliphatic rings. The summed E-state index contributed by atoms with van der Waals surface area (Å²) in [5.41, 5.74) is 1.35. The SMILES string of the molecule is COCCN(CCc1ccccc1)N1CC[C@H](O)C1.